The van der Waals surface area contributed by atoms with Crippen LogP contribution in [0.4, 0.5) is 0 Å². The van der Waals surface area contributed by atoms with Gasteiger partial charge in [-0.25, -0.2) is 17.4 Å². The number of aliphatic carboxylic acids is 1. The highest BCUT2D eigenvalue weighted by Crippen LogP contribution is 2.25. The van der Waals surface area contributed by atoms with Crippen molar-refractivity contribution in [2.75, 3.05) is 13.1 Å². The molecule has 8 heteroatoms. The molecular formula is C17H21N3O4S. The highest BCUT2D eigenvalue weighted by atomic mass is 32.2. The van der Waals surface area contributed by atoms with Crippen LogP contribution in [0.15, 0.2) is 41.7 Å². The molecule has 1 aromatic heterocycles. The molecule has 2 heterocycles. The van der Waals surface area contributed by atoms with Crippen molar-refractivity contribution >= 4 is 16.0 Å². The minimum atomic E-state index is -3.77. The summed E-state index contributed by atoms with van der Waals surface area (Å²) in [4.78, 5) is 15.8. The standard InChI is InChI=1S/C17H21N3O4S/c1-12-2-5-14(6-3-12)25(23,24)20-10-16(19-11-20)15(17(21)22)7-4-13-8-18-9-13/h2-3,5-6,10-11,13,15,18H,4,7-9H2,1H3,(H,21,22). The molecule has 1 aliphatic heterocycles. The fourth-order valence-electron chi connectivity index (χ4n) is 2.82. The van der Waals surface area contributed by atoms with Crippen LogP contribution in [0, 0.1) is 12.8 Å². The van der Waals surface area contributed by atoms with Crippen LogP contribution >= 0.6 is 0 Å². The summed E-state index contributed by atoms with van der Waals surface area (Å²) >= 11 is 0. The van der Waals surface area contributed by atoms with Crippen molar-refractivity contribution in [1.29, 1.82) is 0 Å². The lowest BCUT2D eigenvalue weighted by Gasteiger charge is -2.27. The number of carboxylic acid groups (broad SMARTS) is 1. The molecule has 1 fully saturated rings. The largest absolute Gasteiger partial charge is 0.481 e. The second-order valence-corrected chi connectivity index (χ2v) is 8.28. The number of carbonyl (C=O) groups is 1. The van der Waals surface area contributed by atoms with Crippen molar-refractivity contribution in [2.45, 2.75) is 30.6 Å². The summed E-state index contributed by atoms with van der Waals surface area (Å²) in [7, 11) is -3.77. The molecule has 0 saturated carbocycles. The molecule has 1 aliphatic rings. The first-order chi connectivity index (χ1) is 11.9. The minimum absolute atomic E-state index is 0.148. The first kappa shape index (κ1) is 17.6. The number of benzene rings is 1. The summed E-state index contributed by atoms with van der Waals surface area (Å²) in [5.74, 6) is -1.29. The van der Waals surface area contributed by atoms with Crippen LogP contribution in [0.5, 0.6) is 0 Å². The van der Waals surface area contributed by atoms with Gasteiger partial charge in [-0.1, -0.05) is 17.7 Å². The van der Waals surface area contributed by atoms with Gasteiger partial charge in [0.2, 0.25) is 0 Å². The topological polar surface area (TPSA) is 101 Å². The molecule has 25 heavy (non-hydrogen) atoms. The summed E-state index contributed by atoms with van der Waals surface area (Å²) in [6.45, 7) is 3.69. The van der Waals surface area contributed by atoms with Gasteiger partial charge in [-0.15, -0.1) is 0 Å². The third kappa shape index (κ3) is 3.74. The van der Waals surface area contributed by atoms with Crippen molar-refractivity contribution in [3.05, 3.63) is 48.0 Å². The molecule has 0 spiro atoms. The van der Waals surface area contributed by atoms with Crippen LogP contribution < -0.4 is 5.32 Å². The monoisotopic (exact) mass is 363 g/mol. The van der Waals surface area contributed by atoms with Crippen LogP contribution in [0.25, 0.3) is 0 Å². The predicted octanol–water partition coefficient (Wildman–Crippen LogP) is 1.60. The highest BCUT2D eigenvalue weighted by Gasteiger charge is 2.27. The average molecular weight is 363 g/mol. The van der Waals surface area contributed by atoms with Crippen LogP contribution in [0.3, 0.4) is 0 Å². The zero-order valence-corrected chi connectivity index (χ0v) is 14.7. The second-order valence-electron chi connectivity index (χ2n) is 6.44. The van der Waals surface area contributed by atoms with Crippen molar-refractivity contribution in [3.63, 3.8) is 0 Å². The van der Waals surface area contributed by atoms with E-state index < -0.39 is 21.9 Å². The van der Waals surface area contributed by atoms with Gasteiger partial charge < -0.3 is 10.4 Å². The third-order valence-electron chi connectivity index (χ3n) is 4.56. The van der Waals surface area contributed by atoms with Gasteiger partial charge >= 0.3 is 5.97 Å². The predicted molar refractivity (Wildman–Crippen MR) is 92.0 cm³/mol. The van der Waals surface area contributed by atoms with Gasteiger partial charge in [0.25, 0.3) is 10.0 Å². The van der Waals surface area contributed by atoms with Crippen molar-refractivity contribution in [1.82, 2.24) is 14.3 Å². The normalized spacial score (nSPS) is 16.4. The van der Waals surface area contributed by atoms with E-state index in [1.54, 1.807) is 12.1 Å². The van der Waals surface area contributed by atoms with E-state index in [1.807, 2.05) is 6.92 Å². The third-order valence-corrected chi connectivity index (χ3v) is 6.18. The first-order valence-electron chi connectivity index (χ1n) is 8.17. The molecular weight excluding hydrogens is 342 g/mol. The molecule has 0 bridgehead atoms. The zero-order valence-electron chi connectivity index (χ0n) is 13.9. The molecule has 1 unspecified atom stereocenters. The number of hydrogen-bond donors (Lipinski definition) is 2. The quantitative estimate of drug-likeness (QED) is 0.775. The summed E-state index contributed by atoms with van der Waals surface area (Å²) in [6.07, 6.45) is 3.71. The maximum absolute atomic E-state index is 12.6. The van der Waals surface area contributed by atoms with Gasteiger partial charge in [0, 0.05) is 6.20 Å². The molecule has 0 radical (unpaired) electrons. The smallest absolute Gasteiger partial charge is 0.312 e. The zero-order chi connectivity index (χ0) is 18.0. The molecule has 0 aliphatic carbocycles. The lowest BCUT2D eigenvalue weighted by molar-refractivity contribution is -0.139. The Kier molecular flexibility index (Phi) is 4.91. The van der Waals surface area contributed by atoms with Crippen molar-refractivity contribution in [3.8, 4) is 0 Å². The van der Waals surface area contributed by atoms with Gasteiger partial charge in [-0.3, -0.25) is 4.79 Å². The SMILES string of the molecule is Cc1ccc(S(=O)(=O)n2cnc(C(CCC3CNC3)C(=O)O)c2)cc1. The van der Waals surface area contributed by atoms with Crippen LogP contribution in [0.2, 0.25) is 0 Å². The van der Waals surface area contributed by atoms with E-state index in [-0.39, 0.29) is 10.6 Å². The van der Waals surface area contributed by atoms with Gasteiger partial charge in [0.05, 0.1) is 10.6 Å². The molecule has 7 nitrogen and oxygen atoms in total. The number of rotatable bonds is 7. The van der Waals surface area contributed by atoms with E-state index in [1.165, 1.54) is 24.7 Å². The minimum Gasteiger partial charge on any atom is -0.481 e. The number of aryl methyl sites for hydroxylation is 1. The second kappa shape index (κ2) is 6.97. The Morgan fingerprint density at radius 1 is 1.36 bits per heavy atom. The van der Waals surface area contributed by atoms with Crippen LogP contribution in [0.1, 0.15) is 30.0 Å². The average Bonchev–Trinajstić information content (AvgIpc) is 3.00. The van der Waals surface area contributed by atoms with Gasteiger partial charge in [0.15, 0.2) is 0 Å². The molecule has 1 aromatic carbocycles. The van der Waals surface area contributed by atoms with E-state index in [0.717, 1.165) is 29.0 Å². The highest BCUT2D eigenvalue weighted by molar-refractivity contribution is 7.90. The lowest BCUT2D eigenvalue weighted by Crippen LogP contribution is -2.42. The number of imidazole rings is 1. The van der Waals surface area contributed by atoms with E-state index in [2.05, 4.69) is 10.3 Å². The summed E-state index contributed by atoms with van der Waals surface area (Å²) in [6, 6.07) is 6.50. The molecule has 3 rings (SSSR count). The molecule has 1 atom stereocenters. The van der Waals surface area contributed by atoms with E-state index in [4.69, 9.17) is 0 Å². The lowest BCUT2D eigenvalue weighted by atomic mass is 9.91. The number of carboxylic acids is 1. The van der Waals surface area contributed by atoms with Gasteiger partial charge in [-0.05, 0) is 50.9 Å². The number of nitrogens with one attached hydrogen (secondary N) is 1. The maximum atomic E-state index is 12.6. The Morgan fingerprint density at radius 2 is 2.04 bits per heavy atom. The van der Waals surface area contributed by atoms with E-state index in [9.17, 15) is 18.3 Å². The molecule has 2 aromatic rings. The summed E-state index contributed by atoms with van der Waals surface area (Å²) < 4.78 is 26.3. The Balaban J connectivity index is 1.81. The summed E-state index contributed by atoms with van der Waals surface area (Å²) in [5.41, 5.74) is 1.23. The fourth-order valence-corrected chi connectivity index (χ4v) is 3.96. The Hall–Kier alpha value is -2.19. The van der Waals surface area contributed by atoms with E-state index in [0.29, 0.717) is 12.3 Å². The fraction of sp³-hybridized carbons (Fsp3) is 0.412. The molecule has 2 N–H and O–H groups in total. The number of hydrogen-bond acceptors (Lipinski definition) is 5. The number of nitrogens with zero attached hydrogens (tertiary/aromatic N) is 2. The molecule has 1 saturated heterocycles. The Morgan fingerprint density at radius 3 is 2.60 bits per heavy atom. The molecule has 134 valence electrons. The van der Waals surface area contributed by atoms with Crippen LogP contribution in [-0.2, 0) is 14.8 Å². The van der Waals surface area contributed by atoms with E-state index >= 15 is 0 Å². The Labute approximate surface area is 146 Å². The van der Waals surface area contributed by atoms with Crippen molar-refractivity contribution in [2.24, 2.45) is 5.92 Å². The Bertz CT molecular complexity index is 854. The summed E-state index contributed by atoms with van der Waals surface area (Å²) in [5, 5.41) is 12.6. The van der Waals surface area contributed by atoms with Crippen molar-refractivity contribution < 1.29 is 18.3 Å². The molecule has 0 amide bonds. The maximum Gasteiger partial charge on any atom is 0.312 e. The van der Waals surface area contributed by atoms with Gasteiger partial charge in [0.1, 0.15) is 12.2 Å². The van der Waals surface area contributed by atoms with Crippen LogP contribution in [-0.4, -0.2) is 41.5 Å². The van der Waals surface area contributed by atoms with Gasteiger partial charge in [-0.2, -0.15) is 0 Å². The first-order valence-corrected chi connectivity index (χ1v) is 9.61. The number of aromatic nitrogens is 2.